The molecule has 0 atom stereocenters. The normalized spacial score (nSPS) is 10.6. The van der Waals surface area contributed by atoms with E-state index >= 15 is 0 Å². The van der Waals surface area contributed by atoms with Crippen molar-refractivity contribution in [2.45, 2.75) is 6.42 Å². The number of nitrogens with one attached hydrogen (secondary N) is 1. The van der Waals surface area contributed by atoms with E-state index in [9.17, 15) is 19.3 Å². The van der Waals surface area contributed by atoms with E-state index in [1.54, 1.807) is 12.1 Å². The van der Waals surface area contributed by atoms with Gasteiger partial charge in [-0.3, -0.25) is 20.2 Å². The lowest BCUT2D eigenvalue weighted by molar-refractivity contribution is -0.385. The molecule has 154 valence electrons. The molecule has 0 aliphatic heterocycles. The van der Waals surface area contributed by atoms with Crippen LogP contribution in [0.2, 0.25) is 0 Å². The van der Waals surface area contributed by atoms with E-state index in [1.807, 2.05) is 0 Å². The van der Waals surface area contributed by atoms with Crippen molar-refractivity contribution < 1.29 is 18.6 Å². The summed E-state index contributed by atoms with van der Waals surface area (Å²) in [5.41, 5.74) is 1.81. The van der Waals surface area contributed by atoms with Crippen LogP contribution in [0, 0.1) is 15.9 Å². The molecule has 4 rings (SSSR count). The average Bonchev–Trinajstić information content (AvgIpc) is 3.18. The number of nitrogens with zero attached hydrogens (tertiary/aromatic N) is 4. The third-order valence-corrected chi connectivity index (χ3v) is 4.44. The van der Waals surface area contributed by atoms with Gasteiger partial charge in [-0.1, -0.05) is 23.4 Å². The summed E-state index contributed by atoms with van der Waals surface area (Å²) in [6.45, 7) is 0. The summed E-state index contributed by atoms with van der Waals surface area (Å²) in [6.07, 6.45) is 2.60. The van der Waals surface area contributed by atoms with E-state index in [0.717, 1.165) is 0 Å². The zero-order valence-electron chi connectivity index (χ0n) is 15.9. The molecule has 0 aliphatic carbocycles. The Kier molecular flexibility index (Phi) is 5.43. The van der Waals surface area contributed by atoms with Crippen molar-refractivity contribution in [3.8, 4) is 22.5 Å². The van der Waals surface area contributed by atoms with E-state index in [0.29, 0.717) is 22.5 Å². The zero-order valence-corrected chi connectivity index (χ0v) is 15.9. The maximum Gasteiger partial charge on any atom is 0.273 e. The van der Waals surface area contributed by atoms with Gasteiger partial charge in [-0.2, -0.15) is 0 Å². The van der Waals surface area contributed by atoms with Gasteiger partial charge < -0.3 is 4.52 Å². The number of hydrogen-bond acceptors (Lipinski definition) is 7. The lowest BCUT2D eigenvalue weighted by Crippen LogP contribution is -2.15. The summed E-state index contributed by atoms with van der Waals surface area (Å²) in [7, 11) is 0. The van der Waals surface area contributed by atoms with Gasteiger partial charge in [-0.15, -0.1) is 0 Å². The number of rotatable bonds is 6. The molecule has 0 saturated heterocycles. The third-order valence-electron chi connectivity index (χ3n) is 4.44. The molecule has 1 N–H and O–H groups in total. The number of halogens is 1. The number of benzene rings is 2. The predicted molar refractivity (Wildman–Crippen MR) is 108 cm³/mol. The Hall–Kier alpha value is -4.47. The quantitative estimate of drug-likeness (QED) is 0.370. The number of anilines is 1. The minimum atomic E-state index is -0.546. The van der Waals surface area contributed by atoms with Gasteiger partial charge in [0.1, 0.15) is 17.8 Å². The van der Waals surface area contributed by atoms with Crippen LogP contribution >= 0.6 is 0 Å². The number of aromatic nitrogens is 3. The molecular formula is C21H14FN5O4. The average molecular weight is 419 g/mol. The third kappa shape index (κ3) is 4.27. The van der Waals surface area contributed by atoms with Crippen LogP contribution in [-0.4, -0.2) is 26.0 Å². The molecule has 2 aromatic heterocycles. The van der Waals surface area contributed by atoms with Crippen LogP contribution < -0.4 is 5.32 Å². The Balaban J connectivity index is 1.68. The second-order valence-corrected chi connectivity index (χ2v) is 6.45. The Labute approximate surface area is 174 Å². The summed E-state index contributed by atoms with van der Waals surface area (Å²) in [6, 6.07) is 13.2. The minimum Gasteiger partial charge on any atom is -0.337 e. The standard InChI is InChI=1S/C21H14FN5O4/c22-15-7-5-13(6-8-15)20-19(16-9-10-23-12-24-16)21(31-26-20)25-18(28)11-14-3-1-2-4-17(14)27(29)30/h1-10,12H,11H2,(H,25,28). The summed E-state index contributed by atoms with van der Waals surface area (Å²) in [5.74, 6) is -0.929. The largest absolute Gasteiger partial charge is 0.337 e. The maximum atomic E-state index is 13.3. The lowest BCUT2D eigenvalue weighted by atomic mass is 10.0. The fourth-order valence-electron chi connectivity index (χ4n) is 3.04. The van der Waals surface area contributed by atoms with Gasteiger partial charge in [0, 0.05) is 23.4 Å². The van der Waals surface area contributed by atoms with Gasteiger partial charge in [-0.05, 0) is 30.3 Å². The number of carbonyl (C=O) groups excluding carboxylic acids is 1. The van der Waals surface area contributed by atoms with Gasteiger partial charge in [0.2, 0.25) is 11.8 Å². The van der Waals surface area contributed by atoms with Crippen molar-refractivity contribution in [3.05, 3.63) is 88.6 Å². The first-order valence-electron chi connectivity index (χ1n) is 9.07. The number of nitro groups is 1. The molecule has 0 saturated carbocycles. The van der Waals surface area contributed by atoms with Crippen molar-refractivity contribution in [3.63, 3.8) is 0 Å². The SMILES string of the molecule is O=C(Cc1ccccc1[N+](=O)[O-])Nc1onc(-c2ccc(F)cc2)c1-c1ccncn1. The van der Waals surface area contributed by atoms with Crippen molar-refractivity contribution in [1.82, 2.24) is 15.1 Å². The fraction of sp³-hybridized carbons (Fsp3) is 0.0476. The van der Waals surface area contributed by atoms with Crippen LogP contribution in [-0.2, 0) is 11.2 Å². The Morgan fingerprint density at radius 2 is 1.90 bits per heavy atom. The summed E-state index contributed by atoms with van der Waals surface area (Å²) in [5, 5.41) is 17.8. The van der Waals surface area contributed by atoms with Crippen LogP contribution in [0.4, 0.5) is 16.0 Å². The molecule has 0 aliphatic rings. The van der Waals surface area contributed by atoms with Gasteiger partial charge in [0.05, 0.1) is 22.6 Å². The minimum absolute atomic E-state index is 0.0154. The zero-order chi connectivity index (χ0) is 21.8. The van der Waals surface area contributed by atoms with E-state index in [2.05, 4.69) is 20.4 Å². The first kappa shape index (κ1) is 19.8. The van der Waals surface area contributed by atoms with Gasteiger partial charge in [0.25, 0.3) is 5.69 Å². The maximum absolute atomic E-state index is 13.3. The highest BCUT2D eigenvalue weighted by molar-refractivity contribution is 5.97. The van der Waals surface area contributed by atoms with Crippen LogP contribution in [0.25, 0.3) is 22.5 Å². The molecule has 10 heteroatoms. The Morgan fingerprint density at radius 3 is 2.61 bits per heavy atom. The van der Waals surface area contributed by atoms with Crippen LogP contribution in [0.5, 0.6) is 0 Å². The van der Waals surface area contributed by atoms with Crippen molar-refractivity contribution in [1.29, 1.82) is 0 Å². The van der Waals surface area contributed by atoms with Crippen molar-refractivity contribution >= 4 is 17.5 Å². The number of carbonyl (C=O) groups is 1. The topological polar surface area (TPSA) is 124 Å². The van der Waals surface area contributed by atoms with E-state index in [1.165, 1.54) is 55.0 Å². The van der Waals surface area contributed by atoms with E-state index in [-0.39, 0.29) is 23.6 Å². The highest BCUT2D eigenvalue weighted by Gasteiger charge is 2.23. The summed E-state index contributed by atoms with van der Waals surface area (Å²) < 4.78 is 18.7. The molecule has 4 aromatic rings. The Morgan fingerprint density at radius 1 is 1.13 bits per heavy atom. The molecule has 0 spiro atoms. The smallest absolute Gasteiger partial charge is 0.273 e. The second kappa shape index (κ2) is 8.49. The van der Waals surface area contributed by atoms with Crippen LogP contribution in [0.3, 0.4) is 0 Å². The van der Waals surface area contributed by atoms with Gasteiger partial charge >= 0.3 is 0 Å². The lowest BCUT2D eigenvalue weighted by Gasteiger charge is -2.06. The first-order chi connectivity index (χ1) is 15.0. The number of para-hydroxylation sites is 1. The van der Waals surface area contributed by atoms with Crippen LogP contribution in [0.1, 0.15) is 5.56 Å². The predicted octanol–water partition coefficient (Wildman–Crippen LogP) is 4.03. The number of amides is 1. The monoisotopic (exact) mass is 419 g/mol. The summed E-state index contributed by atoms with van der Waals surface area (Å²) in [4.78, 5) is 31.3. The Bertz CT molecular complexity index is 1240. The molecule has 0 radical (unpaired) electrons. The van der Waals surface area contributed by atoms with E-state index in [4.69, 9.17) is 4.52 Å². The fourth-order valence-corrected chi connectivity index (χ4v) is 3.04. The molecule has 0 bridgehead atoms. The van der Waals surface area contributed by atoms with E-state index < -0.39 is 16.6 Å². The number of nitro benzene ring substituents is 1. The highest BCUT2D eigenvalue weighted by Crippen LogP contribution is 2.36. The molecule has 9 nitrogen and oxygen atoms in total. The molecular weight excluding hydrogens is 405 g/mol. The van der Waals surface area contributed by atoms with Gasteiger partial charge in [0.15, 0.2) is 0 Å². The molecule has 0 fully saturated rings. The number of hydrogen-bond donors (Lipinski definition) is 1. The highest BCUT2D eigenvalue weighted by atomic mass is 19.1. The molecule has 2 aromatic carbocycles. The first-order valence-corrected chi connectivity index (χ1v) is 9.07. The molecule has 1 amide bonds. The van der Waals surface area contributed by atoms with Crippen molar-refractivity contribution in [2.24, 2.45) is 0 Å². The second-order valence-electron chi connectivity index (χ2n) is 6.45. The molecule has 31 heavy (non-hydrogen) atoms. The molecule has 2 heterocycles. The van der Waals surface area contributed by atoms with Crippen LogP contribution in [0.15, 0.2) is 71.6 Å². The van der Waals surface area contributed by atoms with Gasteiger partial charge in [-0.25, -0.2) is 14.4 Å². The van der Waals surface area contributed by atoms with Crippen molar-refractivity contribution in [2.75, 3.05) is 5.32 Å². The molecule has 0 unspecified atom stereocenters. The summed E-state index contributed by atoms with van der Waals surface area (Å²) >= 11 is 0.